The minimum absolute atomic E-state index is 0.860. The van der Waals surface area contributed by atoms with Crippen molar-refractivity contribution in [2.24, 2.45) is 0 Å². The number of aromatic nitrogens is 1. The fraction of sp³-hybridized carbons (Fsp3) is 0.167. The summed E-state index contributed by atoms with van der Waals surface area (Å²) in [6.45, 7) is 0. The lowest BCUT2D eigenvalue weighted by molar-refractivity contribution is 0.415. The first-order chi connectivity index (χ1) is 10.7. The highest BCUT2D eigenvalue weighted by Gasteiger charge is 2.07. The molecule has 0 saturated carbocycles. The second-order valence-electron chi connectivity index (χ2n) is 5.21. The van der Waals surface area contributed by atoms with Crippen LogP contribution in [0.2, 0.25) is 0 Å². The van der Waals surface area contributed by atoms with Gasteiger partial charge in [-0.2, -0.15) is 0 Å². The molecule has 0 saturated heterocycles. The van der Waals surface area contributed by atoms with Crippen LogP contribution in [0.5, 0.6) is 5.75 Å². The smallest absolute Gasteiger partial charge is 0.124 e. The van der Waals surface area contributed by atoms with E-state index in [1.807, 2.05) is 38.4 Å². The van der Waals surface area contributed by atoms with Gasteiger partial charge in [0.2, 0.25) is 0 Å². The van der Waals surface area contributed by atoms with Gasteiger partial charge in [-0.25, -0.2) is 4.98 Å². The molecule has 0 N–H and O–H groups in total. The van der Waals surface area contributed by atoms with Crippen LogP contribution in [0.1, 0.15) is 0 Å². The second-order valence-corrected chi connectivity index (χ2v) is 6.07. The minimum Gasteiger partial charge on any atom is -0.497 e. The summed E-state index contributed by atoms with van der Waals surface area (Å²) in [6.07, 6.45) is 0. The van der Waals surface area contributed by atoms with Gasteiger partial charge in [0.25, 0.3) is 0 Å². The normalized spacial score (nSPS) is 10.5. The molecule has 1 aromatic heterocycles. The molecule has 22 heavy (non-hydrogen) atoms. The fourth-order valence-corrected chi connectivity index (χ4v) is 3.04. The molecule has 1 heterocycles. The van der Waals surface area contributed by atoms with Crippen LogP contribution in [0.3, 0.4) is 0 Å². The molecule has 2 aromatic carbocycles. The summed E-state index contributed by atoms with van der Waals surface area (Å²) in [5, 5.41) is 3.13. The van der Waals surface area contributed by atoms with Gasteiger partial charge in [0.1, 0.15) is 10.8 Å². The second kappa shape index (κ2) is 6.20. The highest BCUT2D eigenvalue weighted by molar-refractivity contribution is 7.13. The lowest BCUT2D eigenvalue weighted by Gasteiger charge is -2.11. The molecule has 3 nitrogen and oxygen atoms in total. The third kappa shape index (κ3) is 2.97. The van der Waals surface area contributed by atoms with E-state index < -0.39 is 0 Å². The largest absolute Gasteiger partial charge is 0.497 e. The Labute approximate surface area is 134 Å². The summed E-state index contributed by atoms with van der Waals surface area (Å²) in [4.78, 5) is 6.84. The number of hydrogen-bond acceptors (Lipinski definition) is 4. The van der Waals surface area contributed by atoms with E-state index >= 15 is 0 Å². The maximum absolute atomic E-state index is 5.19. The highest BCUT2D eigenvalue weighted by Crippen LogP contribution is 2.30. The number of hydrogen-bond donors (Lipinski definition) is 0. The van der Waals surface area contributed by atoms with E-state index in [1.165, 1.54) is 5.69 Å². The van der Waals surface area contributed by atoms with E-state index in [-0.39, 0.29) is 0 Å². The van der Waals surface area contributed by atoms with E-state index in [9.17, 15) is 0 Å². The summed E-state index contributed by atoms with van der Waals surface area (Å²) in [7, 11) is 5.76. The van der Waals surface area contributed by atoms with Crippen LogP contribution in [-0.2, 0) is 0 Å². The van der Waals surface area contributed by atoms with Crippen LogP contribution in [-0.4, -0.2) is 26.2 Å². The Hall–Kier alpha value is -2.33. The Morgan fingerprint density at radius 3 is 2.14 bits per heavy atom. The number of nitrogens with zero attached hydrogens (tertiary/aromatic N) is 2. The van der Waals surface area contributed by atoms with E-state index in [1.54, 1.807) is 18.4 Å². The van der Waals surface area contributed by atoms with Gasteiger partial charge in [-0.15, -0.1) is 11.3 Å². The molecule has 3 rings (SSSR count). The molecule has 0 aliphatic heterocycles. The van der Waals surface area contributed by atoms with Crippen molar-refractivity contribution in [1.29, 1.82) is 0 Å². The average Bonchev–Trinajstić information content (AvgIpc) is 3.05. The van der Waals surface area contributed by atoms with Crippen molar-refractivity contribution in [3.8, 4) is 27.6 Å². The van der Waals surface area contributed by atoms with Crippen molar-refractivity contribution in [1.82, 2.24) is 4.98 Å². The van der Waals surface area contributed by atoms with Crippen LogP contribution >= 0.6 is 11.3 Å². The Morgan fingerprint density at radius 2 is 1.55 bits per heavy atom. The van der Waals surface area contributed by atoms with Crippen molar-refractivity contribution in [3.63, 3.8) is 0 Å². The Kier molecular flexibility index (Phi) is 4.11. The van der Waals surface area contributed by atoms with Crippen LogP contribution in [0, 0.1) is 0 Å². The third-order valence-electron chi connectivity index (χ3n) is 3.52. The monoisotopic (exact) mass is 310 g/mol. The molecule has 112 valence electrons. The Morgan fingerprint density at radius 1 is 0.909 bits per heavy atom. The molecule has 0 bridgehead atoms. The van der Waals surface area contributed by atoms with Crippen LogP contribution in [0.4, 0.5) is 5.69 Å². The number of benzene rings is 2. The zero-order valence-corrected chi connectivity index (χ0v) is 13.7. The van der Waals surface area contributed by atoms with Crippen LogP contribution in [0.25, 0.3) is 21.8 Å². The molecule has 0 fully saturated rings. The highest BCUT2D eigenvalue weighted by atomic mass is 32.1. The number of ether oxygens (including phenoxy) is 1. The van der Waals surface area contributed by atoms with Gasteiger partial charge in [-0.3, -0.25) is 0 Å². The summed E-state index contributed by atoms with van der Waals surface area (Å²) in [6, 6.07) is 16.4. The van der Waals surface area contributed by atoms with Crippen LogP contribution < -0.4 is 9.64 Å². The molecule has 0 aliphatic rings. The molecule has 0 spiro atoms. The quantitative estimate of drug-likeness (QED) is 0.707. The molecule has 0 unspecified atom stereocenters. The average molecular weight is 310 g/mol. The number of thiazole rings is 1. The SMILES string of the molecule is COc1ccc(-c2csc(-c3ccc(N(C)C)cc3)n2)cc1. The first-order valence-corrected chi connectivity index (χ1v) is 7.93. The number of methoxy groups -OCH3 is 1. The van der Waals surface area contributed by atoms with Crippen molar-refractivity contribution >= 4 is 17.0 Å². The van der Waals surface area contributed by atoms with Gasteiger partial charge >= 0.3 is 0 Å². The first kappa shape index (κ1) is 14.6. The van der Waals surface area contributed by atoms with Crippen LogP contribution in [0.15, 0.2) is 53.9 Å². The van der Waals surface area contributed by atoms with E-state index in [0.29, 0.717) is 0 Å². The van der Waals surface area contributed by atoms with Gasteiger partial charge in [-0.1, -0.05) is 0 Å². The lowest BCUT2D eigenvalue weighted by atomic mass is 10.1. The standard InChI is InChI=1S/C18H18N2OS/c1-20(2)15-8-4-14(5-9-15)18-19-17(12-22-18)13-6-10-16(21-3)11-7-13/h4-12H,1-3H3. The number of rotatable bonds is 4. The van der Waals surface area contributed by atoms with Gasteiger partial charge in [0.15, 0.2) is 0 Å². The predicted molar refractivity (Wildman–Crippen MR) is 93.9 cm³/mol. The summed E-state index contributed by atoms with van der Waals surface area (Å²) < 4.78 is 5.19. The Bertz CT molecular complexity index is 746. The molecular weight excluding hydrogens is 292 g/mol. The van der Waals surface area contributed by atoms with E-state index in [0.717, 1.165) is 27.6 Å². The van der Waals surface area contributed by atoms with Gasteiger partial charge in [-0.05, 0) is 48.5 Å². The van der Waals surface area contributed by atoms with Gasteiger partial charge in [0.05, 0.1) is 12.8 Å². The molecule has 0 amide bonds. The summed E-state index contributed by atoms with van der Waals surface area (Å²) in [5.41, 5.74) is 4.44. The molecule has 0 radical (unpaired) electrons. The van der Waals surface area contributed by atoms with E-state index in [2.05, 4.69) is 34.5 Å². The predicted octanol–water partition coefficient (Wildman–Crippen LogP) is 4.55. The molecule has 3 aromatic rings. The van der Waals surface area contributed by atoms with Crippen molar-refractivity contribution < 1.29 is 4.74 Å². The van der Waals surface area contributed by atoms with Crippen molar-refractivity contribution in [2.45, 2.75) is 0 Å². The maximum atomic E-state index is 5.19. The third-order valence-corrected chi connectivity index (χ3v) is 4.41. The molecule has 0 aliphatic carbocycles. The van der Waals surface area contributed by atoms with Gasteiger partial charge < -0.3 is 9.64 Å². The Balaban J connectivity index is 1.86. The zero-order valence-electron chi connectivity index (χ0n) is 12.9. The summed E-state index contributed by atoms with van der Waals surface area (Å²) in [5.74, 6) is 0.860. The maximum Gasteiger partial charge on any atom is 0.124 e. The van der Waals surface area contributed by atoms with E-state index in [4.69, 9.17) is 9.72 Å². The minimum atomic E-state index is 0.860. The summed E-state index contributed by atoms with van der Waals surface area (Å²) >= 11 is 1.67. The van der Waals surface area contributed by atoms with Crippen molar-refractivity contribution in [2.75, 3.05) is 26.1 Å². The van der Waals surface area contributed by atoms with Gasteiger partial charge in [0, 0.05) is 36.3 Å². The molecule has 0 atom stereocenters. The molecular formula is C18H18N2OS. The fourth-order valence-electron chi connectivity index (χ4n) is 2.20. The topological polar surface area (TPSA) is 25.4 Å². The molecule has 4 heteroatoms. The lowest BCUT2D eigenvalue weighted by Crippen LogP contribution is -2.07. The van der Waals surface area contributed by atoms with Crippen molar-refractivity contribution in [3.05, 3.63) is 53.9 Å². The first-order valence-electron chi connectivity index (χ1n) is 7.05. The number of anilines is 1. The zero-order chi connectivity index (χ0) is 15.5.